The normalized spacial score (nSPS) is 10.9. The summed E-state index contributed by atoms with van der Waals surface area (Å²) in [5.41, 5.74) is 0.0315. The van der Waals surface area contributed by atoms with Crippen molar-refractivity contribution in [2.75, 3.05) is 6.54 Å². The van der Waals surface area contributed by atoms with Crippen molar-refractivity contribution in [3.05, 3.63) is 47.7 Å². The van der Waals surface area contributed by atoms with E-state index in [4.69, 9.17) is 4.42 Å². The highest BCUT2D eigenvalue weighted by Gasteiger charge is 2.18. The van der Waals surface area contributed by atoms with Gasteiger partial charge < -0.3 is 9.73 Å². The first-order valence-corrected chi connectivity index (χ1v) is 5.55. The highest BCUT2D eigenvalue weighted by atomic mass is 19.1. The molecule has 0 saturated heterocycles. The third-order valence-electron chi connectivity index (χ3n) is 2.56. The van der Waals surface area contributed by atoms with Crippen molar-refractivity contribution < 1.29 is 17.6 Å². The molecule has 0 aliphatic heterocycles. The van der Waals surface area contributed by atoms with Gasteiger partial charge in [-0.15, -0.1) is 0 Å². The number of halogens is 3. The van der Waals surface area contributed by atoms with Crippen LogP contribution in [0.1, 0.15) is 12.7 Å². The van der Waals surface area contributed by atoms with Gasteiger partial charge in [0.1, 0.15) is 23.2 Å². The number of rotatable bonds is 4. The Morgan fingerprint density at radius 3 is 2.44 bits per heavy atom. The zero-order valence-corrected chi connectivity index (χ0v) is 9.77. The van der Waals surface area contributed by atoms with E-state index in [1.54, 1.807) is 0 Å². The molecular formula is C13H12F3NO. The molecule has 1 aromatic carbocycles. The van der Waals surface area contributed by atoms with Gasteiger partial charge in [-0.2, -0.15) is 0 Å². The smallest absolute Gasteiger partial charge is 0.137 e. The summed E-state index contributed by atoms with van der Waals surface area (Å²) in [6.45, 7) is 2.96. The Kier molecular flexibility index (Phi) is 3.72. The van der Waals surface area contributed by atoms with Crippen molar-refractivity contribution in [2.45, 2.75) is 13.5 Å². The summed E-state index contributed by atoms with van der Waals surface area (Å²) >= 11 is 0. The second-order valence-electron chi connectivity index (χ2n) is 3.78. The Labute approximate surface area is 102 Å². The van der Waals surface area contributed by atoms with Crippen LogP contribution in [0.25, 0.3) is 11.1 Å². The largest absolute Gasteiger partial charge is 0.467 e. The predicted octanol–water partition coefficient (Wildman–Crippen LogP) is 3.47. The molecule has 2 aromatic rings. The highest BCUT2D eigenvalue weighted by molar-refractivity contribution is 5.66. The zero-order valence-electron chi connectivity index (χ0n) is 9.77. The van der Waals surface area contributed by atoms with Crippen molar-refractivity contribution in [1.82, 2.24) is 5.32 Å². The molecule has 0 bridgehead atoms. The Morgan fingerprint density at radius 2 is 1.83 bits per heavy atom. The van der Waals surface area contributed by atoms with Crippen LogP contribution >= 0.6 is 0 Å². The molecule has 1 aromatic heterocycles. The van der Waals surface area contributed by atoms with E-state index in [0.717, 1.165) is 0 Å². The summed E-state index contributed by atoms with van der Waals surface area (Å²) in [5.74, 6) is -2.40. The summed E-state index contributed by atoms with van der Waals surface area (Å²) in [7, 11) is 0. The second-order valence-corrected chi connectivity index (χ2v) is 3.78. The number of hydrogen-bond acceptors (Lipinski definition) is 2. The summed E-state index contributed by atoms with van der Waals surface area (Å²) < 4.78 is 45.3. The summed E-state index contributed by atoms with van der Waals surface area (Å²) in [5, 5.41) is 3.00. The van der Waals surface area contributed by atoms with Gasteiger partial charge in [0.2, 0.25) is 0 Å². The SMILES string of the molecule is CCNCc1occc1-c1c(F)cc(F)cc1F. The van der Waals surface area contributed by atoms with Crippen molar-refractivity contribution >= 4 is 0 Å². The number of furan rings is 1. The minimum Gasteiger partial charge on any atom is -0.467 e. The van der Waals surface area contributed by atoms with Crippen LogP contribution in [-0.4, -0.2) is 6.54 Å². The first-order valence-electron chi connectivity index (χ1n) is 5.55. The van der Waals surface area contributed by atoms with Crippen LogP contribution in [0.5, 0.6) is 0 Å². The fraction of sp³-hybridized carbons (Fsp3) is 0.231. The van der Waals surface area contributed by atoms with E-state index in [-0.39, 0.29) is 5.56 Å². The molecular weight excluding hydrogens is 243 g/mol. The van der Waals surface area contributed by atoms with E-state index in [1.807, 2.05) is 6.92 Å². The van der Waals surface area contributed by atoms with Crippen LogP contribution in [0.4, 0.5) is 13.2 Å². The summed E-state index contributed by atoms with van der Waals surface area (Å²) in [6, 6.07) is 2.77. The van der Waals surface area contributed by atoms with Crippen molar-refractivity contribution in [3.8, 4) is 11.1 Å². The minimum atomic E-state index is -0.939. The predicted molar refractivity (Wildman–Crippen MR) is 61.4 cm³/mol. The maximum atomic E-state index is 13.6. The molecule has 0 spiro atoms. The molecule has 0 fully saturated rings. The van der Waals surface area contributed by atoms with E-state index >= 15 is 0 Å². The van der Waals surface area contributed by atoms with Gasteiger partial charge in [0.05, 0.1) is 18.4 Å². The van der Waals surface area contributed by atoms with Crippen LogP contribution in [0.2, 0.25) is 0 Å². The van der Waals surface area contributed by atoms with Gasteiger partial charge in [0.15, 0.2) is 0 Å². The molecule has 1 heterocycles. The molecule has 1 N–H and O–H groups in total. The van der Waals surface area contributed by atoms with E-state index in [2.05, 4.69) is 5.32 Å². The number of hydrogen-bond donors (Lipinski definition) is 1. The van der Waals surface area contributed by atoms with E-state index in [1.165, 1.54) is 12.3 Å². The van der Waals surface area contributed by atoms with E-state index in [0.29, 0.717) is 36.5 Å². The lowest BCUT2D eigenvalue weighted by Gasteiger charge is -2.06. The molecule has 18 heavy (non-hydrogen) atoms. The standard InChI is InChI=1S/C13H12F3NO/c1-2-17-7-12-9(3-4-18-12)13-10(15)5-8(14)6-11(13)16/h3-6,17H,2,7H2,1H3. The molecule has 0 saturated carbocycles. The summed E-state index contributed by atoms with van der Waals surface area (Å²) in [4.78, 5) is 0. The van der Waals surface area contributed by atoms with Gasteiger partial charge in [0, 0.05) is 17.7 Å². The zero-order chi connectivity index (χ0) is 13.1. The van der Waals surface area contributed by atoms with Gasteiger partial charge in [-0.1, -0.05) is 6.92 Å². The molecule has 0 amide bonds. The Morgan fingerprint density at radius 1 is 1.17 bits per heavy atom. The quantitative estimate of drug-likeness (QED) is 0.904. The van der Waals surface area contributed by atoms with Gasteiger partial charge in [-0.3, -0.25) is 0 Å². The van der Waals surface area contributed by atoms with Crippen LogP contribution in [0.3, 0.4) is 0 Å². The maximum Gasteiger partial charge on any atom is 0.137 e. The Bertz CT molecular complexity index is 528. The van der Waals surface area contributed by atoms with Crippen molar-refractivity contribution in [2.24, 2.45) is 0 Å². The lowest BCUT2D eigenvalue weighted by atomic mass is 10.0. The molecule has 0 aliphatic rings. The third-order valence-corrected chi connectivity index (χ3v) is 2.56. The lowest BCUT2D eigenvalue weighted by Crippen LogP contribution is -2.11. The third kappa shape index (κ3) is 2.41. The van der Waals surface area contributed by atoms with Crippen LogP contribution in [0.15, 0.2) is 28.9 Å². The van der Waals surface area contributed by atoms with Crippen LogP contribution < -0.4 is 5.32 Å². The maximum absolute atomic E-state index is 13.6. The highest BCUT2D eigenvalue weighted by Crippen LogP contribution is 2.30. The average molecular weight is 255 g/mol. The number of benzene rings is 1. The van der Waals surface area contributed by atoms with Crippen LogP contribution in [-0.2, 0) is 6.54 Å². The molecule has 0 aliphatic carbocycles. The molecule has 0 unspecified atom stereocenters. The second kappa shape index (κ2) is 5.27. The molecule has 2 rings (SSSR count). The molecule has 0 radical (unpaired) electrons. The van der Waals surface area contributed by atoms with Gasteiger partial charge in [-0.05, 0) is 12.6 Å². The lowest BCUT2D eigenvalue weighted by molar-refractivity contribution is 0.487. The number of nitrogens with one attached hydrogen (secondary N) is 1. The van der Waals surface area contributed by atoms with Gasteiger partial charge in [-0.25, -0.2) is 13.2 Å². The summed E-state index contributed by atoms with van der Waals surface area (Å²) in [6.07, 6.45) is 1.35. The molecule has 5 heteroatoms. The molecule has 2 nitrogen and oxygen atoms in total. The Balaban J connectivity index is 2.46. The van der Waals surface area contributed by atoms with E-state index < -0.39 is 17.5 Å². The van der Waals surface area contributed by atoms with Crippen molar-refractivity contribution in [1.29, 1.82) is 0 Å². The first-order chi connectivity index (χ1) is 8.63. The fourth-order valence-electron chi connectivity index (χ4n) is 1.74. The molecule has 0 atom stereocenters. The minimum absolute atomic E-state index is 0.266. The molecule has 96 valence electrons. The van der Waals surface area contributed by atoms with Gasteiger partial charge >= 0.3 is 0 Å². The van der Waals surface area contributed by atoms with Crippen molar-refractivity contribution in [3.63, 3.8) is 0 Å². The monoisotopic (exact) mass is 255 g/mol. The first kappa shape index (κ1) is 12.7. The van der Waals surface area contributed by atoms with Gasteiger partial charge in [0.25, 0.3) is 0 Å². The fourth-order valence-corrected chi connectivity index (χ4v) is 1.74. The van der Waals surface area contributed by atoms with Crippen LogP contribution in [0, 0.1) is 17.5 Å². The van der Waals surface area contributed by atoms with E-state index in [9.17, 15) is 13.2 Å². The Hall–Kier alpha value is -1.75. The average Bonchev–Trinajstić information content (AvgIpc) is 2.73. The topological polar surface area (TPSA) is 25.2 Å².